The molecule has 5 nitrogen and oxygen atoms in total. The average molecular weight is 197 g/mol. The number of nitrogens with zero attached hydrogens (tertiary/aromatic N) is 2. The Morgan fingerprint density at radius 1 is 1.79 bits per heavy atom. The zero-order valence-corrected chi connectivity index (χ0v) is 8.18. The lowest BCUT2D eigenvalue weighted by Gasteiger charge is -2.25. The van der Waals surface area contributed by atoms with Crippen LogP contribution < -0.4 is 5.73 Å². The molecule has 0 saturated heterocycles. The predicted molar refractivity (Wildman–Crippen MR) is 50.5 cm³/mol. The third kappa shape index (κ3) is 1.54. The first-order valence-corrected chi connectivity index (χ1v) is 4.71. The van der Waals surface area contributed by atoms with Gasteiger partial charge in [-0.3, -0.25) is 4.68 Å². The zero-order valence-electron chi connectivity index (χ0n) is 8.18. The summed E-state index contributed by atoms with van der Waals surface area (Å²) in [6, 6.07) is 1.68. The highest BCUT2D eigenvalue weighted by atomic mass is 16.5. The Morgan fingerprint density at radius 2 is 2.57 bits per heavy atom. The number of aromatic nitrogens is 2. The molecule has 5 heteroatoms. The first-order valence-electron chi connectivity index (χ1n) is 4.71. The van der Waals surface area contributed by atoms with Crippen molar-refractivity contribution in [2.75, 3.05) is 7.11 Å². The average Bonchev–Trinajstić information content (AvgIpc) is 2.56. The van der Waals surface area contributed by atoms with Gasteiger partial charge in [0.1, 0.15) is 6.10 Å². The Labute approximate surface area is 82.5 Å². The number of fused-ring (bicyclic) bond motifs is 1. The minimum atomic E-state index is -0.596. The maximum atomic E-state index is 9.78. The van der Waals surface area contributed by atoms with Gasteiger partial charge in [-0.25, -0.2) is 0 Å². The molecule has 0 radical (unpaired) electrons. The van der Waals surface area contributed by atoms with Crippen LogP contribution in [0.1, 0.15) is 23.9 Å². The van der Waals surface area contributed by atoms with E-state index >= 15 is 0 Å². The Kier molecular flexibility index (Phi) is 2.54. The number of rotatable bonds is 2. The van der Waals surface area contributed by atoms with Crippen LogP contribution in [0, 0.1) is 0 Å². The van der Waals surface area contributed by atoms with Gasteiger partial charge in [0.05, 0.1) is 18.0 Å². The van der Waals surface area contributed by atoms with Gasteiger partial charge in [0.2, 0.25) is 0 Å². The summed E-state index contributed by atoms with van der Waals surface area (Å²) >= 11 is 0. The molecular weight excluding hydrogens is 182 g/mol. The molecule has 0 amide bonds. The molecule has 78 valence electrons. The number of ether oxygens (including phenoxy) is 1. The topological polar surface area (TPSA) is 73.3 Å². The van der Waals surface area contributed by atoms with E-state index in [9.17, 15) is 5.11 Å². The van der Waals surface area contributed by atoms with Crippen LogP contribution in [0.2, 0.25) is 0 Å². The number of methoxy groups -OCH3 is 1. The van der Waals surface area contributed by atoms with Crippen LogP contribution in [0.5, 0.6) is 0 Å². The fraction of sp³-hybridized carbons (Fsp3) is 0.667. The van der Waals surface area contributed by atoms with Crippen LogP contribution in [-0.2, 0) is 17.9 Å². The van der Waals surface area contributed by atoms with Crippen molar-refractivity contribution in [1.29, 1.82) is 0 Å². The van der Waals surface area contributed by atoms with E-state index < -0.39 is 6.10 Å². The van der Waals surface area contributed by atoms with E-state index in [1.807, 2.05) is 10.7 Å². The van der Waals surface area contributed by atoms with Gasteiger partial charge in [-0.1, -0.05) is 0 Å². The molecule has 0 fully saturated rings. The van der Waals surface area contributed by atoms with Gasteiger partial charge < -0.3 is 15.6 Å². The molecule has 0 aliphatic carbocycles. The van der Waals surface area contributed by atoms with Gasteiger partial charge in [0.15, 0.2) is 0 Å². The maximum absolute atomic E-state index is 9.78. The van der Waals surface area contributed by atoms with Crippen LogP contribution in [0.3, 0.4) is 0 Å². The normalized spacial score (nSPS) is 26.2. The molecule has 0 saturated carbocycles. The quantitative estimate of drug-likeness (QED) is 0.688. The highest BCUT2D eigenvalue weighted by Crippen LogP contribution is 2.24. The van der Waals surface area contributed by atoms with Crippen molar-refractivity contribution in [2.24, 2.45) is 5.73 Å². The molecule has 1 aliphatic heterocycles. The Morgan fingerprint density at radius 3 is 3.29 bits per heavy atom. The van der Waals surface area contributed by atoms with Gasteiger partial charge in [-0.05, 0) is 12.5 Å². The molecule has 3 N–H and O–H groups in total. The second-order valence-electron chi connectivity index (χ2n) is 3.61. The summed E-state index contributed by atoms with van der Waals surface area (Å²) in [6.45, 7) is 1.25. The van der Waals surface area contributed by atoms with Crippen molar-refractivity contribution in [1.82, 2.24) is 9.78 Å². The largest absolute Gasteiger partial charge is 0.385 e. The van der Waals surface area contributed by atoms with Gasteiger partial charge in [0.25, 0.3) is 0 Å². The second kappa shape index (κ2) is 3.68. The van der Waals surface area contributed by atoms with E-state index in [-0.39, 0.29) is 6.04 Å². The number of aliphatic hydroxyl groups excluding tert-OH is 1. The molecule has 14 heavy (non-hydrogen) atoms. The molecule has 1 aliphatic rings. The van der Waals surface area contributed by atoms with Crippen LogP contribution in [0.4, 0.5) is 0 Å². The fourth-order valence-electron chi connectivity index (χ4n) is 1.77. The summed E-state index contributed by atoms with van der Waals surface area (Å²) < 4.78 is 6.79. The van der Waals surface area contributed by atoms with Crippen molar-refractivity contribution in [3.63, 3.8) is 0 Å². The number of hydrogen-bond acceptors (Lipinski definition) is 4. The molecule has 2 atom stereocenters. The number of hydrogen-bond donors (Lipinski definition) is 2. The summed E-state index contributed by atoms with van der Waals surface area (Å²) in [5.41, 5.74) is 7.40. The molecule has 2 rings (SSSR count). The minimum absolute atomic E-state index is 0.172. The summed E-state index contributed by atoms with van der Waals surface area (Å²) in [5, 5.41) is 14.1. The minimum Gasteiger partial charge on any atom is -0.385 e. The van der Waals surface area contributed by atoms with E-state index in [2.05, 4.69) is 5.10 Å². The van der Waals surface area contributed by atoms with Crippen molar-refractivity contribution < 1.29 is 9.84 Å². The van der Waals surface area contributed by atoms with E-state index in [1.165, 1.54) is 0 Å². The smallest absolute Gasteiger partial charge is 0.111 e. The molecule has 0 spiro atoms. The fourth-order valence-corrected chi connectivity index (χ4v) is 1.77. The zero-order chi connectivity index (χ0) is 10.1. The summed E-state index contributed by atoms with van der Waals surface area (Å²) in [4.78, 5) is 0. The van der Waals surface area contributed by atoms with Crippen LogP contribution in [-0.4, -0.2) is 28.0 Å². The molecule has 1 aromatic rings. The molecule has 1 aromatic heterocycles. The highest BCUT2D eigenvalue weighted by Gasteiger charge is 2.26. The number of aryl methyl sites for hydroxylation is 1. The van der Waals surface area contributed by atoms with Gasteiger partial charge in [0, 0.05) is 19.7 Å². The van der Waals surface area contributed by atoms with Crippen LogP contribution in [0.15, 0.2) is 6.07 Å². The number of nitrogens with two attached hydrogens (primary N) is 1. The van der Waals surface area contributed by atoms with Crippen LogP contribution >= 0.6 is 0 Å². The van der Waals surface area contributed by atoms with E-state index in [1.54, 1.807) is 7.11 Å². The van der Waals surface area contributed by atoms with E-state index in [4.69, 9.17) is 10.5 Å². The Hall–Kier alpha value is -0.910. The Balaban J connectivity index is 2.27. The van der Waals surface area contributed by atoms with Crippen molar-refractivity contribution in [3.05, 3.63) is 17.5 Å². The lowest BCUT2D eigenvalue weighted by atomic mass is 10.0. The monoisotopic (exact) mass is 197 g/mol. The van der Waals surface area contributed by atoms with Gasteiger partial charge in [-0.15, -0.1) is 0 Å². The molecular formula is C9H15N3O2. The third-order valence-corrected chi connectivity index (χ3v) is 2.54. The standard InChI is InChI=1S/C9H15N3O2/c1-14-5-6-4-8-9(13)7(10)2-3-12(8)11-6/h4,7,9,13H,2-3,5,10H2,1H3. The molecule has 0 aromatic carbocycles. The van der Waals surface area contributed by atoms with Crippen molar-refractivity contribution in [3.8, 4) is 0 Å². The third-order valence-electron chi connectivity index (χ3n) is 2.54. The van der Waals surface area contributed by atoms with Gasteiger partial charge in [-0.2, -0.15) is 5.10 Å². The van der Waals surface area contributed by atoms with Crippen molar-refractivity contribution >= 4 is 0 Å². The van der Waals surface area contributed by atoms with Crippen LogP contribution in [0.25, 0.3) is 0 Å². The second-order valence-corrected chi connectivity index (χ2v) is 3.61. The highest BCUT2D eigenvalue weighted by molar-refractivity contribution is 5.15. The summed E-state index contributed by atoms with van der Waals surface area (Å²) in [6.07, 6.45) is 0.171. The first-order chi connectivity index (χ1) is 6.72. The predicted octanol–water partition coefficient (Wildman–Crippen LogP) is -0.206. The first kappa shape index (κ1) is 9.64. The lowest BCUT2D eigenvalue weighted by Crippen LogP contribution is -2.35. The Bertz CT molecular complexity index is 324. The number of aliphatic hydroxyl groups is 1. The summed E-state index contributed by atoms with van der Waals surface area (Å²) in [5.74, 6) is 0. The van der Waals surface area contributed by atoms with E-state index in [0.29, 0.717) is 6.61 Å². The lowest BCUT2D eigenvalue weighted by molar-refractivity contribution is 0.112. The maximum Gasteiger partial charge on any atom is 0.111 e. The van der Waals surface area contributed by atoms with E-state index in [0.717, 1.165) is 24.4 Å². The van der Waals surface area contributed by atoms with Crippen molar-refractivity contribution in [2.45, 2.75) is 31.7 Å². The molecule has 2 heterocycles. The van der Waals surface area contributed by atoms with Gasteiger partial charge >= 0.3 is 0 Å². The molecule has 2 unspecified atom stereocenters. The SMILES string of the molecule is COCc1cc2n(n1)CCC(N)C2O. The molecule has 0 bridgehead atoms. The summed E-state index contributed by atoms with van der Waals surface area (Å²) in [7, 11) is 1.63.